The lowest BCUT2D eigenvalue weighted by molar-refractivity contribution is 0.631. The second kappa shape index (κ2) is 4.89. The number of hydrogen-bond acceptors (Lipinski definition) is 3. The highest BCUT2D eigenvalue weighted by Gasteiger charge is 2.00. The topological polar surface area (TPSA) is 42.2 Å². The molecule has 0 aliphatic heterocycles. The Labute approximate surface area is 89.4 Å². The average Bonchev–Trinajstić information content (AvgIpc) is 2.68. The van der Waals surface area contributed by atoms with Crippen molar-refractivity contribution in [3.05, 3.63) is 30.5 Å². The zero-order valence-corrected chi connectivity index (χ0v) is 8.98. The molecule has 4 nitrogen and oxygen atoms in total. The summed E-state index contributed by atoms with van der Waals surface area (Å²) in [6, 6.07) is 0. The SMILES string of the molecule is CCCCNCc1cnc2cnccn12. The maximum atomic E-state index is 4.28. The molecule has 0 radical (unpaired) electrons. The molecule has 0 fully saturated rings. The summed E-state index contributed by atoms with van der Waals surface area (Å²) in [4.78, 5) is 8.31. The zero-order chi connectivity index (χ0) is 10.5. The number of nitrogens with zero attached hydrogens (tertiary/aromatic N) is 3. The molecule has 2 aromatic rings. The summed E-state index contributed by atoms with van der Waals surface area (Å²) >= 11 is 0. The molecule has 0 bridgehead atoms. The normalized spacial score (nSPS) is 11.0. The Morgan fingerprint density at radius 3 is 3.20 bits per heavy atom. The van der Waals surface area contributed by atoms with Crippen LogP contribution in [0.2, 0.25) is 0 Å². The van der Waals surface area contributed by atoms with Gasteiger partial charge in [-0.05, 0) is 13.0 Å². The van der Waals surface area contributed by atoms with Gasteiger partial charge in [0, 0.05) is 18.9 Å². The second-order valence-electron chi connectivity index (χ2n) is 3.58. The van der Waals surface area contributed by atoms with E-state index in [0.29, 0.717) is 0 Å². The summed E-state index contributed by atoms with van der Waals surface area (Å²) in [5.41, 5.74) is 2.09. The first-order valence-corrected chi connectivity index (χ1v) is 5.38. The van der Waals surface area contributed by atoms with Gasteiger partial charge in [-0.2, -0.15) is 0 Å². The van der Waals surface area contributed by atoms with Gasteiger partial charge < -0.3 is 5.32 Å². The van der Waals surface area contributed by atoms with Crippen LogP contribution >= 0.6 is 0 Å². The number of nitrogens with one attached hydrogen (secondary N) is 1. The minimum Gasteiger partial charge on any atom is -0.311 e. The molecule has 2 rings (SSSR count). The molecule has 2 heterocycles. The van der Waals surface area contributed by atoms with Crippen LogP contribution in [-0.2, 0) is 6.54 Å². The van der Waals surface area contributed by atoms with Crippen LogP contribution < -0.4 is 5.32 Å². The Morgan fingerprint density at radius 1 is 1.40 bits per heavy atom. The van der Waals surface area contributed by atoms with E-state index in [1.165, 1.54) is 18.5 Å². The van der Waals surface area contributed by atoms with Gasteiger partial charge in [-0.15, -0.1) is 0 Å². The summed E-state index contributed by atoms with van der Waals surface area (Å²) in [6.45, 7) is 4.13. The van der Waals surface area contributed by atoms with Gasteiger partial charge in [0.1, 0.15) is 0 Å². The number of unbranched alkanes of at least 4 members (excludes halogenated alkanes) is 1. The molecule has 0 spiro atoms. The molecule has 0 unspecified atom stereocenters. The van der Waals surface area contributed by atoms with Crippen LogP contribution in [0.15, 0.2) is 24.8 Å². The van der Waals surface area contributed by atoms with Crippen molar-refractivity contribution in [1.29, 1.82) is 0 Å². The van der Waals surface area contributed by atoms with Crippen molar-refractivity contribution in [1.82, 2.24) is 19.7 Å². The fraction of sp³-hybridized carbons (Fsp3) is 0.455. The van der Waals surface area contributed by atoms with Gasteiger partial charge in [-0.1, -0.05) is 13.3 Å². The Bertz CT molecular complexity index is 421. The highest BCUT2D eigenvalue weighted by molar-refractivity contribution is 5.36. The van der Waals surface area contributed by atoms with Gasteiger partial charge in [0.2, 0.25) is 0 Å². The van der Waals surface area contributed by atoms with E-state index in [9.17, 15) is 0 Å². The van der Waals surface area contributed by atoms with Crippen LogP contribution in [0.3, 0.4) is 0 Å². The predicted octanol–water partition coefficient (Wildman–Crippen LogP) is 1.62. The number of aromatic nitrogens is 3. The third-order valence-corrected chi connectivity index (χ3v) is 2.41. The quantitative estimate of drug-likeness (QED) is 0.752. The van der Waals surface area contributed by atoms with Crippen molar-refractivity contribution in [2.45, 2.75) is 26.3 Å². The molecule has 0 atom stereocenters. The number of fused-ring (bicyclic) bond motifs is 1. The summed E-state index contributed by atoms with van der Waals surface area (Å²) in [5, 5.41) is 3.40. The van der Waals surface area contributed by atoms with Gasteiger partial charge in [0.05, 0.1) is 18.1 Å². The Kier molecular flexibility index (Phi) is 3.29. The Balaban J connectivity index is 2.02. The summed E-state index contributed by atoms with van der Waals surface area (Å²) < 4.78 is 2.06. The molecule has 0 saturated heterocycles. The van der Waals surface area contributed by atoms with Crippen molar-refractivity contribution in [2.75, 3.05) is 6.54 Å². The third-order valence-electron chi connectivity index (χ3n) is 2.41. The minimum absolute atomic E-state index is 0.866. The van der Waals surface area contributed by atoms with E-state index in [0.717, 1.165) is 18.7 Å². The molecular weight excluding hydrogens is 188 g/mol. The fourth-order valence-corrected chi connectivity index (χ4v) is 1.54. The lowest BCUT2D eigenvalue weighted by Crippen LogP contribution is -2.15. The second-order valence-corrected chi connectivity index (χ2v) is 3.58. The molecular formula is C11H16N4. The minimum atomic E-state index is 0.866. The number of imidazole rings is 1. The van der Waals surface area contributed by atoms with Gasteiger partial charge >= 0.3 is 0 Å². The molecule has 1 N–H and O–H groups in total. The standard InChI is InChI=1S/C11H16N4/c1-2-3-4-12-7-10-8-14-11-9-13-5-6-15(10)11/h5-6,8-9,12H,2-4,7H2,1H3. The van der Waals surface area contributed by atoms with E-state index in [-0.39, 0.29) is 0 Å². The Morgan fingerprint density at radius 2 is 2.33 bits per heavy atom. The summed E-state index contributed by atoms with van der Waals surface area (Å²) in [7, 11) is 0. The van der Waals surface area contributed by atoms with Gasteiger partial charge in [-0.25, -0.2) is 4.98 Å². The van der Waals surface area contributed by atoms with Gasteiger partial charge in [0.15, 0.2) is 5.65 Å². The van der Waals surface area contributed by atoms with Crippen LogP contribution in [0, 0.1) is 0 Å². The van der Waals surface area contributed by atoms with E-state index in [2.05, 4.69) is 26.6 Å². The third kappa shape index (κ3) is 2.33. The van der Waals surface area contributed by atoms with Crippen LogP contribution in [0.1, 0.15) is 25.5 Å². The van der Waals surface area contributed by atoms with Crippen molar-refractivity contribution in [3.63, 3.8) is 0 Å². The van der Waals surface area contributed by atoms with E-state index in [1.54, 1.807) is 12.4 Å². The molecule has 4 heteroatoms. The van der Waals surface area contributed by atoms with Crippen LogP contribution in [-0.4, -0.2) is 20.9 Å². The lowest BCUT2D eigenvalue weighted by atomic mass is 10.3. The molecule has 0 aliphatic rings. The highest BCUT2D eigenvalue weighted by atomic mass is 15.0. The fourth-order valence-electron chi connectivity index (χ4n) is 1.54. The van der Waals surface area contributed by atoms with E-state index in [4.69, 9.17) is 0 Å². The molecule has 15 heavy (non-hydrogen) atoms. The monoisotopic (exact) mass is 204 g/mol. The van der Waals surface area contributed by atoms with Crippen LogP contribution in [0.25, 0.3) is 5.65 Å². The highest BCUT2D eigenvalue weighted by Crippen LogP contribution is 2.03. The van der Waals surface area contributed by atoms with Gasteiger partial charge in [0.25, 0.3) is 0 Å². The van der Waals surface area contributed by atoms with Crippen molar-refractivity contribution < 1.29 is 0 Å². The molecule has 0 aromatic carbocycles. The van der Waals surface area contributed by atoms with Gasteiger partial charge in [-0.3, -0.25) is 9.38 Å². The maximum absolute atomic E-state index is 4.28. The molecule has 2 aromatic heterocycles. The average molecular weight is 204 g/mol. The summed E-state index contributed by atoms with van der Waals surface area (Å²) in [6.07, 6.45) is 9.84. The molecule has 0 saturated carbocycles. The van der Waals surface area contributed by atoms with E-state index in [1.807, 2.05) is 12.4 Å². The summed E-state index contributed by atoms with van der Waals surface area (Å²) in [5.74, 6) is 0. The first-order chi connectivity index (χ1) is 7.42. The number of hydrogen-bond donors (Lipinski definition) is 1. The molecule has 0 aliphatic carbocycles. The molecule has 80 valence electrons. The van der Waals surface area contributed by atoms with Crippen molar-refractivity contribution in [3.8, 4) is 0 Å². The lowest BCUT2D eigenvalue weighted by Gasteiger charge is -2.03. The maximum Gasteiger partial charge on any atom is 0.155 e. The molecule has 0 amide bonds. The van der Waals surface area contributed by atoms with E-state index < -0.39 is 0 Å². The smallest absolute Gasteiger partial charge is 0.155 e. The first-order valence-electron chi connectivity index (χ1n) is 5.38. The van der Waals surface area contributed by atoms with Crippen LogP contribution in [0.5, 0.6) is 0 Å². The largest absolute Gasteiger partial charge is 0.311 e. The van der Waals surface area contributed by atoms with Crippen molar-refractivity contribution in [2.24, 2.45) is 0 Å². The number of rotatable bonds is 5. The van der Waals surface area contributed by atoms with Crippen LogP contribution in [0.4, 0.5) is 0 Å². The Hall–Kier alpha value is -1.42. The predicted molar refractivity (Wildman–Crippen MR) is 59.6 cm³/mol. The zero-order valence-electron chi connectivity index (χ0n) is 8.98. The van der Waals surface area contributed by atoms with E-state index >= 15 is 0 Å². The first kappa shape index (κ1) is 10.1. The van der Waals surface area contributed by atoms with Crippen molar-refractivity contribution >= 4 is 5.65 Å².